The van der Waals surface area contributed by atoms with Gasteiger partial charge in [0.05, 0.1) is 0 Å². The topological polar surface area (TPSA) is 49.7 Å². The van der Waals surface area contributed by atoms with Gasteiger partial charge in [-0.25, -0.2) is 0 Å². The van der Waals surface area contributed by atoms with Gasteiger partial charge in [-0.05, 0) is 47.5 Å². The lowest BCUT2D eigenvalue weighted by Crippen LogP contribution is -1.86. The summed E-state index contributed by atoms with van der Waals surface area (Å²) in [6, 6.07) is 21.3. The van der Waals surface area contributed by atoms with Gasteiger partial charge in [0, 0.05) is 0 Å². The third-order valence-corrected chi connectivity index (χ3v) is 3.11. The Morgan fingerprint density at radius 2 is 1.43 bits per heavy atom. The summed E-state index contributed by atoms with van der Waals surface area (Å²) in [5.41, 5.74) is 1.71. The predicted molar refractivity (Wildman–Crippen MR) is 81.7 cm³/mol. The molecule has 0 saturated heterocycles. The number of para-hydroxylation sites is 1. The molecule has 0 atom stereocenters. The normalized spacial score (nSPS) is 10.3. The Balaban J connectivity index is 1.97. The minimum atomic E-state index is 0.0720. The van der Waals surface area contributed by atoms with Crippen LogP contribution in [0.3, 0.4) is 0 Å². The molecule has 3 nitrogen and oxygen atoms in total. The van der Waals surface area contributed by atoms with E-state index in [0.717, 1.165) is 11.1 Å². The molecule has 0 aliphatic heterocycles. The molecule has 0 spiro atoms. The number of benzene rings is 3. The van der Waals surface area contributed by atoms with Crippen LogP contribution in [0.1, 0.15) is 0 Å². The lowest BCUT2D eigenvalue weighted by molar-refractivity contribution is 0.411. The van der Waals surface area contributed by atoms with Crippen LogP contribution in [0.2, 0.25) is 0 Å². The van der Waals surface area contributed by atoms with Gasteiger partial charge in [0.15, 0.2) is 11.5 Å². The molecule has 3 aromatic rings. The maximum absolute atomic E-state index is 9.92. The minimum Gasteiger partial charge on any atom is -0.508 e. The smallest absolute Gasteiger partial charge is 0.169 e. The third kappa shape index (κ3) is 2.98. The summed E-state index contributed by atoms with van der Waals surface area (Å²) in [4.78, 5) is 0. The molecule has 0 fully saturated rings. The van der Waals surface area contributed by atoms with Crippen LogP contribution in [0.15, 0.2) is 72.8 Å². The largest absolute Gasteiger partial charge is 0.508 e. The Bertz CT molecular complexity index is 751. The summed E-state index contributed by atoms with van der Waals surface area (Å²) in [5, 5.41) is 19.5. The number of ether oxygens (including phenoxy) is 1. The van der Waals surface area contributed by atoms with E-state index in [4.69, 9.17) is 4.74 Å². The highest BCUT2D eigenvalue weighted by Crippen LogP contribution is 2.35. The highest BCUT2D eigenvalue weighted by molar-refractivity contribution is 5.68. The molecule has 0 heterocycles. The van der Waals surface area contributed by atoms with Gasteiger partial charge in [-0.1, -0.05) is 36.4 Å². The summed E-state index contributed by atoms with van der Waals surface area (Å²) >= 11 is 0. The Hall–Kier alpha value is -2.94. The van der Waals surface area contributed by atoms with E-state index in [1.165, 1.54) is 0 Å². The predicted octanol–water partition coefficient (Wildman–Crippen LogP) is 4.56. The number of aromatic hydroxyl groups is 2. The first-order valence-electron chi connectivity index (χ1n) is 6.58. The van der Waals surface area contributed by atoms with Gasteiger partial charge < -0.3 is 14.9 Å². The van der Waals surface area contributed by atoms with Crippen LogP contribution in [-0.2, 0) is 0 Å². The van der Waals surface area contributed by atoms with Crippen molar-refractivity contribution in [2.75, 3.05) is 0 Å². The SMILES string of the molecule is Oc1cccc(-c2ccc(O)c(Oc3ccccc3)c2)c1. The van der Waals surface area contributed by atoms with Crippen LogP contribution in [-0.4, -0.2) is 10.2 Å². The molecule has 0 aliphatic rings. The first-order chi connectivity index (χ1) is 10.2. The maximum Gasteiger partial charge on any atom is 0.169 e. The van der Waals surface area contributed by atoms with E-state index in [9.17, 15) is 10.2 Å². The van der Waals surface area contributed by atoms with E-state index in [2.05, 4.69) is 0 Å². The van der Waals surface area contributed by atoms with Crippen molar-refractivity contribution in [2.45, 2.75) is 0 Å². The summed E-state index contributed by atoms with van der Waals surface area (Å²) in [5.74, 6) is 1.30. The summed E-state index contributed by atoms with van der Waals surface area (Å²) in [6.45, 7) is 0. The van der Waals surface area contributed by atoms with Crippen LogP contribution in [0, 0.1) is 0 Å². The van der Waals surface area contributed by atoms with Crippen LogP contribution in [0.5, 0.6) is 23.0 Å². The second kappa shape index (κ2) is 5.59. The van der Waals surface area contributed by atoms with E-state index in [1.807, 2.05) is 36.4 Å². The number of rotatable bonds is 3. The molecule has 0 bridgehead atoms. The molecule has 3 aromatic carbocycles. The third-order valence-electron chi connectivity index (χ3n) is 3.11. The Morgan fingerprint density at radius 3 is 2.19 bits per heavy atom. The zero-order valence-corrected chi connectivity index (χ0v) is 11.2. The van der Waals surface area contributed by atoms with Gasteiger partial charge in [0.2, 0.25) is 0 Å². The highest BCUT2D eigenvalue weighted by atomic mass is 16.5. The highest BCUT2D eigenvalue weighted by Gasteiger charge is 2.07. The average Bonchev–Trinajstić information content (AvgIpc) is 2.50. The van der Waals surface area contributed by atoms with Crippen molar-refractivity contribution in [2.24, 2.45) is 0 Å². The first kappa shape index (κ1) is 13.1. The molecule has 104 valence electrons. The molecule has 0 saturated carbocycles. The van der Waals surface area contributed by atoms with E-state index in [1.54, 1.807) is 36.4 Å². The van der Waals surface area contributed by atoms with Crippen LogP contribution in [0.25, 0.3) is 11.1 Å². The lowest BCUT2D eigenvalue weighted by atomic mass is 10.0. The fourth-order valence-corrected chi connectivity index (χ4v) is 2.08. The standard InChI is InChI=1S/C18H14O3/c19-15-6-4-5-13(11-15)14-9-10-17(20)18(12-14)21-16-7-2-1-3-8-16/h1-12,19-20H. The van der Waals surface area contributed by atoms with Crippen molar-refractivity contribution in [3.63, 3.8) is 0 Å². The molecular formula is C18H14O3. The van der Waals surface area contributed by atoms with E-state index in [-0.39, 0.29) is 11.5 Å². The van der Waals surface area contributed by atoms with Crippen LogP contribution < -0.4 is 4.74 Å². The molecule has 2 N–H and O–H groups in total. The van der Waals surface area contributed by atoms with Gasteiger partial charge in [-0.15, -0.1) is 0 Å². The fraction of sp³-hybridized carbons (Fsp3) is 0. The van der Waals surface area contributed by atoms with Crippen molar-refractivity contribution in [3.05, 3.63) is 72.8 Å². The second-order valence-corrected chi connectivity index (χ2v) is 4.65. The zero-order chi connectivity index (χ0) is 14.7. The van der Waals surface area contributed by atoms with Crippen molar-refractivity contribution < 1.29 is 14.9 Å². The fourth-order valence-electron chi connectivity index (χ4n) is 2.08. The van der Waals surface area contributed by atoms with Gasteiger partial charge in [-0.3, -0.25) is 0 Å². The van der Waals surface area contributed by atoms with Crippen molar-refractivity contribution >= 4 is 0 Å². The van der Waals surface area contributed by atoms with Gasteiger partial charge >= 0.3 is 0 Å². The van der Waals surface area contributed by atoms with Gasteiger partial charge in [-0.2, -0.15) is 0 Å². The lowest BCUT2D eigenvalue weighted by Gasteiger charge is -2.10. The molecule has 0 unspecified atom stereocenters. The van der Waals surface area contributed by atoms with Crippen LogP contribution >= 0.6 is 0 Å². The second-order valence-electron chi connectivity index (χ2n) is 4.65. The first-order valence-corrected chi connectivity index (χ1v) is 6.58. The zero-order valence-electron chi connectivity index (χ0n) is 11.2. The van der Waals surface area contributed by atoms with Gasteiger partial charge in [0.25, 0.3) is 0 Å². The number of hydrogen-bond acceptors (Lipinski definition) is 3. The number of phenolic OH excluding ortho intramolecular Hbond substituents is 2. The Labute approximate surface area is 122 Å². The molecule has 0 aliphatic carbocycles. The molecule has 3 rings (SSSR count). The average molecular weight is 278 g/mol. The minimum absolute atomic E-state index is 0.0720. The molecule has 3 heteroatoms. The molecular weight excluding hydrogens is 264 g/mol. The maximum atomic E-state index is 9.92. The van der Waals surface area contributed by atoms with E-state index < -0.39 is 0 Å². The van der Waals surface area contributed by atoms with Crippen LogP contribution in [0.4, 0.5) is 0 Å². The van der Waals surface area contributed by atoms with Crippen molar-refractivity contribution in [1.29, 1.82) is 0 Å². The molecule has 0 aromatic heterocycles. The summed E-state index contributed by atoms with van der Waals surface area (Å²) < 4.78 is 5.69. The van der Waals surface area contributed by atoms with Gasteiger partial charge in [0.1, 0.15) is 11.5 Å². The van der Waals surface area contributed by atoms with Crippen molar-refractivity contribution in [1.82, 2.24) is 0 Å². The van der Waals surface area contributed by atoms with E-state index >= 15 is 0 Å². The summed E-state index contributed by atoms with van der Waals surface area (Å²) in [6.07, 6.45) is 0. The molecule has 0 amide bonds. The quantitative estimate of drug-likeness (QED) is 0.738. The number of phenols is 2. The monoisotopic (exact) mass is 278 g/mol. The Kier molecular flexibility index (Phi) is 3.48. The molecule has 21 heavy (non-hydrogen) atoms. The Morgan fingerprint density at radius 1 is 0.667 bits per heavy atom. The number of hydrogen-bond donors (Lipinski definition) is 2. The summed E-state index contributed by atoms with van der Waals surface area (Å²) in [7, 11) is 0. The van der Waals surface area contributed by atoms with Crippen molar-refractivity contribution in [3.8, 4) is 34.1 Å². The van der Waals surface area contributed by atoms with E-state index in [0.29, 0.717) is 11.5 Å². The molecule has 0 radical (unpaired) electrons.